The van der Waals surface area contributed by atoms with Crippen LogP contribution in [0.25, 0.3) is 0 Å². The average Bonchev–Trinajstić information content (AvgIpc) is 3.63. The zero-order chi connectivity index (χ0) is 27.6. The molecule has 0 spiro atoms. The van der Waals surface area contributed by atoms with Crippen LogP contribution in [0.4, 0.5) is 39.7 Å². The maximum absolute atomic E-state index is 13.4. The van der Waals surface area contributed by atoms with Crippen molar-refractivity contribution < 1.29 is 31.9 Å². The third-order valence-electron chi connectivity index (χ3n) is 6.31. The number of nitrogens with one attached hydrogen (secondary N) is 2. The van der Waals surface area contributed by atoms with Gasteiger partial charge in [0.15, 0.2) is 5.82 Å². The molecule has 1 saturated carbocycles. The molecule has 1 saturated heterocycles. The van der Waals surface area contributed by atoms with E-state index in [0.29, 0.717) is 44.5 Å². The lowest BCUT2D eigenvalue weighted by atomic mass is 10.3. The molecule has 14 heteroatoms. The molecular weight excluding hydrogens is 522 g/mol. The quantitative estimate of drug-likeness (QED) is 0.427. The smallest absolute Gasteiger partial charge is 0.406 e. The summed E-state index contributed by atoms with van der Waals surface area (Å²) in [6.45, 7) is 2.48. The van der Waals surface area contributed by atoms with Crippen LogP contribution in [0.2, 0.25) is 0 Å². The van der Waals surface area contributed by atoms with Gasteiger partial charge in [0, 0.05) is 44.6 Å². The number of amides is 3. The van der Waals surface area contributed by atoms with Gasteiger partial charge in [-0.05, 0) is 55.2 Å². The van der Waals surface area contributed by atoms with E-state index in [-0.39, 0.29) is 23.2 Å². The molecule has 1 aliphatic carbocycles. The van der Waals surface area contributed by atoms with E-state index >= 15 is 0 Å². The van der Waals surface area contributed by atoms with E-state index in [1.807, 2.05) is 4.90 Å². The Labute approximate surface area is 220 Å². The number of nitrogens with zero attached hydrogens (tertiary/aromatic N) is 5. The number of imidazole rings is 1. The summed E-state index contributed by atoms with van der Waals surface area (Å²) >= 11 is 0. The SMILES string of the molecule is O=C(Nc1ccc(OC(F)(F)F)cc1)Nc1cn(CC2CC2)c(C(=O)N2CCN(c3ccc(F)cn3)CC2)n1. The van der Waals surface area contributed by atoms with E-state index in [1.165, 1.54) is 18.2 Å². The van der Waals surface area contributed by atoms with Gasteiger partial charge in [0.05, 0.1) is 6.20 Å². The summed E-state index contributed by atoms with van der Waals surface area (Å²) in [6.07, 6.45) is 0.0424. The van der Waals surface area contributed by atoms with Crippen molar-refractivity contribution in [1.29, 1.82) is 0 Å². The van der Waals surface area contributed by atoms with Gasteiger partial charge in [-0.25, -0.2) is 19.2 Å². The van der Waals surface area contributed by atoms with Gasteiger partial charge >= 0.3 is 12.4 Å². The van der Waals surface area contributed by atoms with Crippen LogP contribution in [0.1, 0.15) is 23.5 Å². The van der Waals surface area contributed by atoms with E-state index in [9.17, 15) is 27.2 Å². The Morgan fingerprint density at radius 2 is 1.72 bits per heavy atom. The van der Waals surface area contributed by atoms with E-state index in [2.05, 4.69) is 25.3 Å². The van der Waals surface area contributed by atoms with Crippen molar-refractivity contribution in [2.45, 2.75) is 25.7 Å². The number of halogens is 4. The number of alkyl halides is 3. The second kappa shape index (κ2) is 10.8. The number of carbonyl (C=O) groups excluding carboxylic acids is 2. The molecule has 2 N–H and O–H groups in total. The zero-order valence-corrected chi connectivity index (χ0v) is 20.6. The van der Waals surface area contributed by atoms with Gasteiger partial charge in [-0.15, -0.1) is 13.2 Å². The fourth-order valence-corrected chi connectivity index (χ4v) is 4.22. The van der Waals surface area contributed by atoms with Gasteiger partial charge in [-0.2, -0.15) is 0 Å². The third-order valence-corrected chi connectivity index (χ3v) is 6.31. The van der Waals surface area contributed by atoms with E-state index in [0.717, 1.165) is 31.2 Å². The molecule has 206 valence electrons. The second-order valence-electron chi connectivity index (χ2n) is 9.31. The molecule has 39 heavy (non-hydrogen) atoms. The van der Waals surface area contributed by atoms with Crippen molar-refractivity contribution in [1.82, 2.24) is 19.4 Å². The zero-order valence-electron chi connectivity index (χ0n) is 20.6. The lowest BCUT2D eigenvalue weighted by Crippen LogP contribution is -2.49. The summed E-state index contributed by atoms with van der Waals surface area (Å²) < 4.78 is 55.7. The molecule has 1 aromatic carbocycles. The first-order valence-electron chi connectivity index (χ1n) is 12.3. The number of piperazine rings is 1. The first-order chi connectivity index (χ1) is 18.6. The molecule has 0 bridgehead atoms. The van der Waals surface area contributed by atoms with Gasteiger partial charge in [0.2, 0.25) is 5.82 Å². The highest BCUT2D eigenvalue weighted by Crippen LogP contribution is 2.32. The highest BCUT2D eigenvalue weighted by molar-refractivity contribution is 6.00. The number of anilines is 3. The van der Waals surface area contributed by atoms with Crippen molar-refractivity contribution >= 4 is 29.3 Å². The first kappa shape index (κ1) is 26.3. The maximum Gasteiger partial charge on any atom is 0.573 e. The van der Waals surface area contributed by atoms with Crippen LogP contribution in [0, 0.1) is 11.7 Å². The lowest BCUT2D eigenvalue weighted by molar-refractivity contribution is -0.274. The molecule has 3 aromatic rings. The molecule has 2 aromatic heterocycles. The minimum atomic E-state index is -4.81. The Morgan fingerprint density at radius 3 is 2.33 bits per heavy atom. The standard InChI is InChI=1S/C25H25F4N7O3/c26-17-3-8-21(30-13-17)34-9-11-35(12-10-34)23(37)22-32-20(15-36(22)14-16-1-2-16)33-24(38)31-18-4-6-19(7-5-18)39-25(27,28)29/h3-8,13,15-16H,1-2,9-12,14H2,(H2,31,33,38). The van der Waals surface area contributed by atoms with Crippen molar-refractivity contribution in [3.8, 4) is 5.75 Å². The molecule has 2 fully saturated rings. The molecule has 0 atom stereocenters. The van der Waals surface area contributed by atoms with Crippen LogP contribution < -0.4 is 20.3 Å². The number of aromatic nitrogens is 3. The predicted molar refractivity (Wildman–Crippen MR) is 133 cm³/mol. The van der Waals surface area contributed by atoms with Crippen molar-refractivity contribution in [3.05, 3.63) is 60.4 Å². The number of rotatable bonds is 7. The van der Waals surface area contributed by atoms with Gasteiger partial charge in [0.1, 0.15) is 17.4 Å². The summed E-state index contributed by atoms with van der Waals surface area (Å²) in [7, 11) is 0. The Kier molecular flexibility index (Phi) is 7.26. The van der Waals surface area contributed by atoms with Crippen LogP contribution in [0.5, 0.6) is 5.75 Å². The van der Waals surface area contributed by atoms with Gasteiger partial charge in [-0.1, -0.05) is 0 Å². The van der Waals surface area contributed by atoms with Crippen molar-refractivity contribution in [3.63, 3.8) is 0 Å². The molecular formula is C25H25F4N7O3. The largest absolute Gasteiger partial charge is 0.573 e. The fraction of sp³-hybridized carbons (Fsp3) is 0.360. The fourth-order valence-electron chi connectivity index (χ4n) is 4.22. The molecule has 1 aliphatic heterocycles. The molecule has 3 amide bonds. The number of hydrogen-bond acceptors (Lipinski definition) is 6. The summed E-state index contributed by atoms with van der Waals surface area (Å²) in [5, 5.41) is 5.09. The summed E-state index contributed by atoms with van der Waals surface area (Å²) in [5.74, 6) is 0.356. The predicted octanol–water partition coefficient (Wildman–Crippen LogP) is 4.33. The van der Waals surface area contributed by atoms with E-state index < -0.39 is 24.0 Å². The number of pyridine rings is 1. The van der Waals surface area contributed by atoms with E-state index in [1.54, 1.807) is 21.7 Å². The number of urea groups is 1. The molecule has 0 radical (unpaired) electrons. The minimum Gasteiger partial charge on any atom is -0.406 e. The Morgan fingerprint density at radius 1 is 1.00 bits per heavy atom. The molecule has 5 rings (SSSR count). The normalized spacial score (nSPS) is 15.7. The summed E-state index contributed by atoms with van der Waals surface area (Å²) in [4.78, 5) is 38.0. The molecule has 2 aliphatic rings. The van der Waals surface area contributed by atoms with Crippen LogP contribution in [-0.2, 0) is 6.54 Å². The van der Waals surface area contributed by atoms with Crippen LogP contribution >= 0.6 is 0 Å². The first-order valence-corrected chi connectivity index (χ1v) is 12.3. The highest BCUT2D eigenvalue weighted by atomic mass is 19.4. The third kappa shape index (κ3) is 6.94. The molecule has 0 unspecified atom stereocenters. The monoisotopic (exact) mass is 547 g/mol. The summed E-state index contributed by atoms with van der Waals surface area (Å²) in [6, 6.07) is 6.96. The van der Waals surface area contributed by atoms with Gasteiger partial charge < -0.3 is 24.4 Å². The second-order valence-corrected chi connectivity index (χ2v) is 9.31. The lowest BCUT2D eigenvalue weighted by Gasteiger charge is -2.35. The number of benzene rings is 1. The Hall–Kier alpha value is -4.36. The van der Waals surface area contributed by atoms with E-state index in [4.69, 9.17) is 0 Å². The topological polar surface area (TPSA) is 105 Å². The van der Waals surface area contributed by atoms with Crippen LogP contribution in [0.15, 0.2) is 48.8 Å². The molecule has 3 heterocycles. The highest BCUT2D eigenvalue weighted by Gasteiger charge is 2.31. The Bertz CT molecular complexity index is 1320. The van der Waals surface area contributed by atoms with Crippen LogP contribution in [-0.4, -0.2) is 63.9 Å². The van der Waals surface area contributed by atoms with Gasteiger partial charge in [0.25, 0.3) is 5.91 Å². The van der Waals surface area contributed by atoms with Crippen LogP contribution in [0.3, 0.4) is 0 Å². The summed E-state index contributed by atoms with van der Waals surface area (Å²) in [5.41, 5.74) is 0.240. The van der Waals surface area contributed by atoms with Crippen molar-refractivity contribution in [2.24, 2.45) is 5.92 Å². The minimum absolute atomic E-state index is 0.169. The number of ether oxygens (including phenoxy) is 1. The Balaban J connectivity index is 1.21. The van der Waals surface area contributed by atoms with Crippen molar-refractivity contribution in [2.75, 3.05) is 41.7 Å². The maximum atomic E-state index is 13.4. The van der Waals surface area contributed by atoms with Gasteiger partial charge in [-0.3, -0.25) is 10.1 Å². The number of carbonyl (C=O) groups is 2. The average molecular weight is 548 g/mol. The number of hydrogen-bond donors (Lipinski definition) is 2. The molecule has 10 nitrogen and oxygen atoms in total.